The first-order chi connectivity index (χ1) is 11.5. The fourth-order valence-electron chi connectivity index (χ4n) is 2.90. The summed E-state index contributed by atoms with van der Waals surface area (Å²) in [6, 6.07) is 2.53. The predicted octanol–water partition coefficient (Wildman–Crippen LogP) is 1.30. The van der Waals surface area contributed by atoms with E-state index in [1.54, 1.807) is 0 Å². The Morgan fingerprint density at radius 3 is 2.29 bits per heavy atom. The van der Waals surface area contributed by atoms with Crippen LogP contribution in [-0.2, 0) is 4.79 Å². The van der Waals surface area contributed by atoms with Gasteiger partial charge in [0.25, 0.3) is 11.6 Å². The lowest BCUT2D eigenvalue weighted by molar-refractivity contribution is -0.385. The van der Waals surface area contributed by atoms with E-state index in [-0.39, 0.29) is 30.1 Å². The molecule has 128 valence electrons. The van der Waals surface area contributed by atoms with Gasteiger partial charge in [0.05, 0.1) is 16.9 Å². The number of nitrogens with zero attached hydrogens (tertiary/aromatic N) is 2. The van der Waals surface area contributed by atoms with Gasteiger partial charge in [0.15, 0.2) is 11.5 Å². The Hall–Kier alpha value is -2.84. The van der Waals surface area contributed by atoms with Crippen molar-refractivity contribution in [1.82, 2.24) is 4.90 Å². The van der Waals surface area contributed by atoms with E-state index in [1.807, 2.05) is 0 Å². The summed E-state index contributed by atoms with van der Waals surface area (Å²) in [5.74, 6) is -1.32. The molecule has 0 unspecified atom stereocenters. The molecule has 0 aromatic heterocycles. The molecule has 0 radical (unpaired) electrons. The van der Waals surface area contributed by atoms with Crippen molar-refractivity contribution in [3.8, 4) is 11.5 Å². The number of likely N-dealkylation sites (tertiary alicyclic amines) is 1. The number of carbonyl (C=O) groups excluding carboxylic acids is 1. The summed E-state index contributed by atoms with van der Waals surface area (Å²) in [6.45, 7) is 1.10. The number of fused-ring (bicyclic) bond motifs is 1. The van der Waals surface area contributed by atoms with Crippen LogP contribution in [0.4, 0.5) is 5.69 Å². The molecule has 0 spiro atoms. The Morgan fingerprint density at radius 2 is 1.75 bits per heavy atom. The average molecular weight is 336 g/mol. The summed E-state index contributed by atoms with van der Waals surface area (Å²) < 4.78 is 10.7. The van der Waals surface area contributed by atoms with E-state index in [2.05, 4.69) is 0 Å². The number of nitro benzene ring substituents is 1. The highest BCUT2D eigenvalue weighted by Gasteiger charge is 2.32. The number of rotatable bonds is 3. The van der Waals surface area contributed by atoms with Gasteiger partial charge < -0.3 is 19.5 Å². The van der Waals surface area contributed by atoms with Crippen LogP contribution in [-0.4, -0.2) is 53.1 Å². The van der Waals surface area contributed by atoms with Crippen molar-refractivity contribution in [3.05, 3.63) is 27.8 Å². The largest absolute Gasteiger partial charge is 0.486 e. The molecule has 2 aliphatic heterocycles. The van der Waals surface area contributed by atoms with Gasteiger partial charge in [-0.15, -0.1) is 0 Å². The normalized spacial score (nSPS) is 17.4. The maximum absolute atomic E-state index is 12.7. The number of hydrogen-bond acceptors (Lipinski definition) is 6. The van der Waals surface area contributed by atoms with Crippen molar-refractivity contribution >= 4 is 17.6 Å². The molecule has 3 rings (SSSR count). The first-order valence-corrected chi connectivity index (χ1v) is 7.57. The smallest absolute Gasteiger partial charge is 0.306 e. The first-order valence-electron chi connectivity index (χ1n) is 7.57. The Kier molecular flexibility index (Phi) is 4.24. The fourth-order valence-corrected chi connectivity index (χ4v) is 2.90. The van der Waals surface area contributed by atoms with E-state index >= 15 is 0 Å². The van der Waals surface area contributed by atoms with Gasteiger partial charge in [-0.25, -0.2) is 0 Å². The van der Waals surface area contributed by atoms with Gasteiger partial charge >= 0.3 is 5.97 Å². The molecule has 0 atom stereocenters. The van der Waals surface area contributed by atoms with Gasteiger partial charge in [-0.1, -0.05) is 0 Å². The highest BCUT2D eigenvalue weighted by atomic mass is 16.6. The third-order valence-electron chi connectivity index (χ3n) is 4.22. The molecule has 24 heavy (non-hydrogen) atoms. The molecule has 1 saturated heterocycles. The number of carboxylic acid groups (broad SMARTS) is 1. The van der Waals surface area contributed by atoms with Crippen molar-refractivity contribution in [3.63, 3.8) is 0 Å². The lowest BCUT2D eigenvalue weighted by atomic mass is 9.96. The summed E-state index contributed by atoms with van der Waals surface area (Å²) in [6.07, 6.45) is 0.666. The SMILES string of the molecule is O=C(O)C1CCN(C(=O)c2cc3c(cc2[N+](=O)[O-])OCCO3)CC1. The topological polar surface area (TPSA) is 119 Å². The second-order valence-corrected chi connectivity index (χ2v) is 5.67. The van der Waals surface area contributed by atoms with Crippen LogP contribution in [0.25, 0.3) is 0 Å². The zero-order valence-electron chi connectivity index (χ0n) is 12.8. The van der Waals surface area contributed by atoms with E-state index in [9.17, 15) is 19.7 Å². The number of benzene rings is 1. The molecule has 0 bridgehead atoms. The molecule has 0 saturated carbocycles. The van der Waals surface area contributed by atoms with Crippen LogP contribution in [0.15, 0.2) is 12.1 Å². The first kappa shape index (κ1) is 16.0. The van der Waals surface area contributed by atoms with Gasteiger partial charge in [0, 0.05) is 19.2 Å². The van der Waals surface area contributed by atoms with Crippen LogP contribution >= 0.6 is 0 Å². The van der Waals surface area contributed by atoms with Gasteiger partial charge in [-0.2, -0.15) is 0 Å². The maximum Gasteiger partial charge on any atom is 0.306 e. The molecule has 2 aliphatic rings. The predicted molar refractivity (Wildman–Crippen MR) is 80.3 cm³/mol. The molecule has 1 amide bonds. The van der Waals surface area contributed by atoms with Gasteiger partial charge in [-0.05, 0) is 12.8 Å². The minimum atomic E-state index is -0.882. The summed E-state index contributed by atoms with van der Waals surface area (Å²) in [5, 5.41) is 20.3. The highest BCUT2D eigenvalue weighted by molar-refractivity contribution is 5.99. The summed E-state index contributed by atoms with van der Waals surface area (Å²) >= 11 is 0. The number of carboxylic acids is 1. The van der Waals surface area contributed by atoms with Crippen molar-refractivity contribution in [2.75, 3.05) is 26.3 Å². The molecule has 2 heterocycles. The quantitative estimate of drug-likeness (QED) is 0.652. The van der Waals surface area contributed by atoms with Crippen LogP contribution in [0.2, 0.25) is 0 Å². The Bertz CT molecular complexity index is 695. The van der Waals surface area contributed by atoms with E-state index in [0.717, 1.165) is 0 Å². The Labute approximate surface area is 136 Å². The third-order valence-corrected chi connectivity index (χ3v) is 4.22. The minimum absolute atomic E-state index is 0.0713. The van der Waals surface area contributed by atoms with Crippen molar-refractivity contribution < 1.29 is 29.1 Å². The summed E-state index contributed by atoms with van der Waals surface area (Å²) in [5.41, 5.74) is -0.414. The van der Waals surface area contributed by atoms with Crippen molar-refractivity contribution in [1.29, 1.82) is 0 Å². The minimum Gasteiger partial charge on any atom is -0.486 e. The van der Waals surface area contributed by atoms with Gasteiger partial charge in [0.1, 0.15) is 18.8 Å². The van der Waals surface area contributed by atoms with Crippen LogP contribution in [0.3, 0.4) is 0 Å². The average Bonchev–Trinajstić information content (AvgIpc) is 2.60. The maximum atomic E-state index is 12.7. The monoisotopic (exact) mass is 336 g/mol. The Morgan fingerprint density at radius 1 is 1.17 bits per heavy atom. The van der Waals surface area contributed by atoms with Gasteiger partial charge in [0.2, 0.25) is 0 Å². The second-order valence-electron chi connectivity index (χ2n) is 5.67. The van der Waals surface area contributed by atoms with Crippen LogP contribution in [0.1, 0.15) is 23.2 Å². The fraction of sp³-hybridized carbons (Fsp3) is 0.467. The third kappa shape index (κ3) is 2.97. The van der Waals surface area contributed by atoms with Gasteiger partial charge in [-0.3, -0.25) is 19.7 Å². The van der Waals surface area contributed by atoms with Crippen LogP contribution in [0, 0.1) is 16.0 Å². The number of carbonyl (C=O) groups is 2. The molecule has 1 fully saturated rings. The number of amides is 1. The second kappa shape index (κ2) is 6.34. The standard InChI is InChI=1S/C15H16N2O7/c18-14(16-3-1-9(2-4-16)15(19)20)10-7-12-13(24-6-5-23-12)8-11(10)17(21)22/h7-9H,1-6H2,(H,19,20). The number of hydrogen-bond donors (Lipinski definition) is 1. The summed E-state index contributed by atoms with van der Waals surface area (Å²) in [4.78, 5) is 35.8. The molecular formula is C15H16N2O7. The van der Waals surface area contributed by atoms with Crippen LogP contribution < -0.4 is 9.47 Å². The van der Waals surface area contributed by atoms with Crippen molar-refractivity contribution in [2.45, 2.75) is 12.8 Å². The number of piperidine rings is 1. The molecule has 1 aromatic carbocycles. The zero-order valence-corrected chi connectivity index (χ0v) is 12.8. The van der Waals surface area contributed by atoms with E-state index < -0.39 is 22.7 Å². The number of nitro groups is 1. The molecule has 0 aliphatic carbocycles. The lowest BCUT2D eigenvalue weighted by Crippen LogP contribution is -2.40. The highest BCUT2D eigenvalue weighted by Crippen LogP contribution is 2.37. The molecule has 9 heteroatoms. The van der Waals surface area contributed by atoms with E-state index in [4.69, 9.17) is 14.6 Å². The Balaban J connectivity index is 1.86. The zero-order chi connectivity index (χ0) is 17.3. The van der Waals surface area contributed by atoms with Crippen molar-refractivity contribution in [2.24, 2.45) is 5.92 Å². The molecule has 9 nitrogen and oxygen atoms in total. The molecule has 1 N–H and O–H groups in total. The summed E-state index contributed by atoms with van der Waals surface area (Å²) in [7, 11) is 0. The van der Waals surface area contributed by atoms with E-state index in [1.165, 1.54) is 17.0 Å². The molecular weight excluding hydrogens is 320 g/mol. The van der Waals surface area contributed by atoms with E-state index in [0.29, 0.717) is 31.8 Å². The number of ether oxygens (including phenoxy) is 2. The van der Waals surface area contributed by atoms with Crippen LogP contribution in [0.5, 0.6) is 11.5 Å². The molecule has 1 aromatic rings. The number of aliphatic carboxylic acids is 1. The lowest BCUT2D eigenvalue weighted by Gasteiger charge is -2.30.